The molecule has 0 fully saturated rings. The SMILES string of the molecule is COCCOC(=O)C1=C(N)Oc2c(oc(CO)cc2=O)C1c1cccc(Cl)c1Cl. The molecule has 3 rings (SSSR count). The maximum Gasteiger partial charge on any atom is 0.340 e. The quantitative estimate of drug-likeness (QED) is 0.517. The van der Waals surface area contributed by atoms with Crippen LogP contribution in [0.15, 0.2) is 44.9 Å². The standard InChI is InChI=1S/C19H17Cl2NO7/c1-26-5-6-27-19(25)14-13(10-3-2-4-11(20)15(10)21)17-16(29-18(14)22)12(24)7-9(8-23)28-17/h2-4,7,13,23H,5-6,8,22H2,1H3. The van der Waals surface area contributed by atoms with Crippen molar-refractivity contribution in [3.8, 4) is 5.75 Å². The van der Waals surface area contributed by atoms with Gasteiger partial charge in [0.2, 0.25) is 17.1 Å². The fourth-order valence-corrected chi connectivity index (χ4v) is 3.33. The molecule has 1 aliphatic heterocycles. The van der Waals surface area contributed by atoms with E-state index in [0.717, 1.165) is 6.07 Å². The topological polar surface area (TPSA) is 121 Å². The number of rotatable bonds is 6. The zero-order chi connectivity index (χ0) is 21.1. The number of halogens is 2. The lowest BCUT2D eigenvalue weighted by atomic mass is 9.86. The fourth-order valence-electron chi connectivity index (χ4n) is 2.91. The Morgan fingerprint density at radius 1 is 1.31 bits per heavy atom. The van der Waals surface area contributed by atoms with Gasteiger partial charge >= 0.3 is 5.97 Å². The average Bonchev–Trinajstić information content (AvgIpc) is 2.70. The van der Waals surface area contributed by atoms with Gasteiger partial charge in [-0.05, 0) is 11.6 Å². The second-order valence-electron chi connectivity index (χ2n) is 6.01. The van der Waals surface area contributed by atoms with Crippen LogP contribution in [0.5, 0.6) is 5.75 Å². The first-order valence-electron chi connectivity index (χ1n) is 8.44. The molecule has 0 amide bonds. The van der Waals surface area contributed by atoms with Gasteiger partial charge in [-0.15, -0.1) is 0 Å². The summed E-state index contributed by atoms with van der Waals surface area (Å²) in [5, 5.41) is 9.79. The predicted octanol–water partition coefficient (Wildman–Crippen LogP) is 2.32. The number of aliphatic hydroxyl groups is 1. The Morgan fingerprint density at radius 2 is 2.07 bits per heavy atom. The van der Waals surface area contributed by atoms with E-state index in [-0.39, 0.29) is 52.0 Å². The Kier molecular flexibility index (Phi) is 6.49. The van der Waals surface area contributed by atoms with E-state index in [2.05, 4.69) is 0 Å². The molecule has 0 aliphatic carbocycles. The van der Waals surface area contributed by atoms with Crippen molar-refractivity contribution in [2.24, 2.45) is 5.73 Å². The number of aliphatic hydroxyl groups excluding tert-OH is 1. The lowest BCUT2D eigenvalue weighted by Crippen LogP contribution is -2.30. The lowest BCUT2D eigenvalue weighted by Gasteiger charge is -2.27. The molecule has 2 heterocycles. The Bertz CT molecular complexity index is 1030. The molecule has 1 atom stereocenters. The van der Waals surface area contributed by atoms with Crippen LogP contribution in [0.4, 0.5) is 0 Å². The van der Waals surface area contributed by atoms with Gasteiger partial charge in [-0.2, -0.15) is 0 Å². The highest BCUT2D eigenvalue weighted by Crippen LogP contribution is 2.45. The summed E-state index contributed by atoms with van der Waals surface area (Å²) >= 11 is 12.5. The summed E-state index contributed by atoms with van der Waals surface area (Å²) < 4.78 is 21.1. The van der Waals surface area contributed by atoms with Gasteiger partial charge in [-0.1, -0.05) is 35.3 Å². The number of nitrogens with two attached hydrogens (primary N) is 1. The van der Waals surface area contributed by atoms with Gasteiger partial charge in [0.1, 0.15) is 24.5 Å². The van der Waals surface area contributed by atoms with Crippen LogP contribution in [0.3, 0.4) is 0 Å². The maximum absolute atomic E-state index is 12.8. The highest BCUT2D eigenvalue weighted by atomic mass is 35.5. The molecular formula is C19H17Cl2NO7. The number of esters is 1. The van der Waals surface area contributed by atoms with Crippen LogP contribution >= 0.6 is 23.2 Å². The van der Waals surface area contributed by atoms with Crippen LogP contribution in [0.1, 0.15) is 23.0 Å². The number of ether oxygens (including phenoxy) is 3. The van der Waals surface area contributed by atoms with Crippen LogP contribution in [-0.2, 0) is 20.9 Å². The number of carbonyl (C=O) groups excluding carboxylic acids is 1. The van der Waals surface area contributed by atoms with Crippen LogP contribution in [0.2, 0.25) is 10.0 Å². The largest absolute Gasteiger partial charge is 0.460 e. The number of hydrogen-bond donors (Lipinski definition) is 2. The molecule has 3 N–H and O–H groups in total. The summed E-state index contributed by atoms with van der Waals surface area (Å²) in [6.07, 6.45) is 0. The third-order valence-electron chi connectivity index (χ3n) is 4.20. The van der Waals surface area contributed by atoms with Crippen LogP contribution in [0, 0.1) is 0 Å². The summed E-state index contributed by atoms with van der Waals surface area (Å²) in [7, 11) is 1.46. The van der Waals surface area contributed by atoms with Crippen molar-refractivity contribution in [1.29, 1.82) is 0 Å². The van der Waals surface area contributed by atoms with E-state index in [1.54, 1.807) is 18.2 Å². The van der Waals surface area contributed by atoms with E-state index < -0.39 is 23.9 Å². The molecule has 0 spiro atoms. The van der Waals surface area contributed by atoms with Crippen molar-refractivity contribution in [2.45, 2.75) is 12.5 Å². The van der Waals surface area contributed by atoms with E-state index in [4.69, 9.17) is 47.6 Å². The molecule has 1 aromatic carbocycles. The number of carbonyl (C=O) groups is 1. The molecule has 0 radical (unpaired) electrons. The highest BCUT2D eigenvalue weighted by molar-refractivity contribution is 6.42. The molecule has 1 unspecified atom stereocenters. The molecule has 154 valence electrons. The van der Waals surface area contributed by atoms with E-state index in [0.29, 0.717) is 5.56 Å². The predicted molar refractivity (Wildman–Crippen MR) is 104 cm³/mol. The molecule has 1 aromatic heterocycles. The third-order valence-corrected chi connectivity index (χ3v) is 5.03. The smallest absolute Gasteiger partial charge is 0.340 e. The average molecular weight is 442 g/mol. The first-order valence-corrected chi connectivity index (χ1v) is 9.19. The maximum atomic E-state index is 12.8. The van der Waals surface area contributed by atoms with Gasteiger partial charge in [-0.25, -0.2) is 4.79 Å². The van der Waals surface area contributed by atoms with Gasteiger partial charge in [-0.3, -0.25) is 4.79 Å². The monoisotopic (exact) mass is 441 g/mol. The highest BCUT2D eigenvalue weighted by Gasteiger charge is 2.40. The molecule has 0 bridgehead atoms. The lowest BCUT2D eigenvalue weighted by molar-refractivity contribution is -0.140. The summed E-state index contributed by atoms with van der Waals surface area (Å²) in [4.78, 5) is 25.2. The number of benzene rings is 1. The fraction of sp³-hybridized carbons (Fsp3) is 0.263. The summed E-state index contributed by atoms with van der Waals surface area (Å²) in [5.41, 5.74) is 5.63. The van der Waals surface area contributed by atoms with Crippen molar-refractivity contribution in [3.05, 3.63) is 73.1 Å². The minimum atomic E-state index is -1.04. The zero-order valence-corrected chi connectivity index (χ0v) is 16.7. The third kappa shape index (κ3) is 4.11. The van der Waals surface area contributed by atoms with E-state index in [1.165, 1.54) is 7.11 Å². The second-order valence-corrected chi connectivity index (χ2v) is 6.80. The van der Waals surface area contributed by atoms with Crippen molar-refractivity contribution in [1.82, 2.24) is 0 Å². The van der Waals surface area contributed by atoms with Gasteiger partial charge in [0, 0.05) is 13.2 Å². The Balaban J connectivity index is 2.22. The summed E-state index contributed by atoms with van der Waals surface area (Å²) in [5.74, 6) is -2.45. The van der Waals surface area contributed by atoms with Crippen molar-refractivity contribution in [3.63, 3.8) is 0 Å². The molecule has 2 aromatic rings. The minimum Gasteiger partial charge on any atom is -0.460 e. The Morgan fingerprint density at radius 3 is 2.76 bits per heavy atom. The summed E-state index contributed by atoms with van der Waals surface area (Å²) in [6.45, 7) is -0.399. The molecular weight excluding hydrogens is 425 g/mol. The molecule has 10 heteroatoms. The summed E-state index contributed by atoms with van der Waals surface area (Å²) in [6, 6.07) is 5.87. The van der Waals surface area contributed by atoms with Crippen molar-refractivity contribution < 1.29 is 28.5 Å². The molecule has 8 nitrogen and oxygen atoms in total. The van der Waals surface area contributed by atoms with E-state index in [1.807, 2.05) is 0 Å². The van der Waals surface area contributed by atoms with Gasteiger partial charge in [0.05, 0.1) is 22.6 Å². The van der Waals surface area contributed by atoms with Crippen LogP contribution < -0.4 is 15.9 Å². The normalized spacial score (nSPS) is 15.7. The number of methoxy groups -OCH3 is 1. The second kappa shape index (κ2) is 8.87. The Hall–Kier alpha value is -2.52. The first kappa shape index (κ1) is 21.2. The molecule has 0 saturated carbocycles. The number of hydrogen-bond acceptors (Lipinski definition) is 8. The van der Waals surface area contributed by atoms with Crippen LogP contribution in [-0.4, -0.2) is 31.4 Å². The van der Waals surface area contributed by atoms with E-state index >= 15 is 0 Å². The Labute approximate surface area is 175 Å². The molecule has 0 saturated heterocycles. The first-order chi connectivity index (χ1) is 13.9. The van der Waals surface area contributed by atoms with E-state index in [9.17, 15) is 14.7 Å². The van der Waals surface area contributed by atoms with Crippen LogP contribution in [0.25, 0.3) is 0 Å². The number of fused-ring (bicyclic) bond motifs is 1. The molecule has 29 heavy (non-hydrogen) atoms. The zero-order valence-electron chi connectivity index (χ0n) is 15.2. The van der Waals surface area contributed by atoms with Gasteiger partial charge in [0.15, 0.2) is 5.76 Å². The molecule has 1 aliphatic rings. The van der Waals surface area contributed by atoms with Crippen molar-refractivity contribution >= 4 is 29.2 Å². The van der Waals surface area contributed by atoms with Crippen molar-refractivity contribution in [2.75, 3.05) is 20.3 Å². The van der Waals surface area contributed by atoms with Gasteiger partial charge in [0.25, 0.3) is 0 Å². The minimum absolute atomic E-state index is 0.0203. The van der Waals surface area contributed by atoms with Gasteiger partial charge < -0.3 is 29.5 Å².